The van der Waals surface area contributed by atoms with Crippen LogP contribution in [0.1, 0.15) is 5.76 Å². The van der Waals surface area contributed by atoms with E-state index < -0.39 is 0 Å². The van der Waals surface area contributed by atoms with Crippen molar-refractivity contribution in [2.45, 2.75) is 0 Å². The first-order chi connectivity index (χ1) is 14.6. The summed E-state index contributed by atoms with van der Waals surface area (Å²) in [6.07, 6.45) is 3.10. The molecule has 30 heavy (non-hydrogen) atoms. The van der Waals surface area contributed by atoms with Crippen LogP contribution in [0.2, 0.25) is 5.02 Å². The zero-order valence-electron chi connectivity index (χ0n) is 16.1. The minimum Gasteiger partial charge on any atom is -0.457 e. The molecule has 1 saturated heterocycles. The standard InChI is InChI=1S/C23H20BrClN2O3/c24-20-15-18(5-8-21(20)27-11-13-29-14-12-27)26-23(28)10-7-19-6-9-22(30-19)16-1-3-17(25)4-2-16/h1-10,15H,11-14H2,(H,26,28)/b10-7+. The summed E-state index contributed by atoms with van der Waals surface area (Å²) in [5.74, 6) is 1.08. The molecule has 1 aliphatic heterocycles. The highest BCUT2D eigenvalue weighted by Crippen LogP contribution is 2.30. The molecule has 1 aliphatic rings. The van der Waals surface area contributed by atoms with Crippen molar-refractivity contribution in [1.82, 2.24) is 0 Å². The predicted octanol–water partition coefficient (Wildman–Crippen LogP) is 5.85. The van der Waals surface area contributed by atoms with Crippen LogP contribution in [0, 0.1) is 0 Å². The number of anilines is 2. The van der Waals surface area contributed by atoms with E-state index in [1.165, 1.54) is 6.08 Å². The third kappa shape index (κ3) is 5.14. The average molecular weight is 488 g/mol. The number of hydrogen-bond donors (Lipinski definition) is 1. The van der Waals surface area contributed by atoms with Crippen LogP contribution in [0.3, 0.4) is 0 Å². The van der Waals surface area contributed by atoms with Gasteiger partial charge in [0.2, 0.25) is 5.91 Å². The summed E-state index contributed by atoms with van der Waals surface area (Å²) in [4.78, 5) is 14.6. The summed E-state index contributed by atoms with van der Waals surface area (Å²) in [6, 6.07) is 16.9. The number of carbonyl (C=O) groups excluding carboxylic acids is 1. The fourth-order valence-electron chi connectivity index (χ4n) is 3.20. The first kappa shape index (κ1) is 20.7. The Hall–Kier alpha value is -2.54. The monoisotopic (exact) mass is 486 g/mol. The summed E-state index contributed by atoms with van der Waals surface area (Å²) in [5, 5.41) is 3.55. The molecule has 4 rings (SSSR count). The van der Waals surface area contributed by atoms with Crippen molar-refractivity contribution in [2.24, 2.45) is 0 Å². The fourth-order valence-corrected chi connectivity index (χ4v) is 3.95. The van der Waals surface area contributed by atoms with Gasteiger partial charge in [-0.25, -0.2) is 0 Å². The number of benzene rings is 2. The highest BCUT2D eigenvalue weighted by Gasteiger charge is 2.14. The second-order valence-electron chi connectivity index (χ2n) is 6.80. The van der Waals surface area contributed by atoms with E-state index in [9.17, 15) is 4.79 Å². The van der Waals surface area contributed by atoms with Crippen LogP contribution >= 0.6 is 27.5 Å². The van der Waals surface area contributed by atoms with Crippen LogP contribution < -0.4 is 10.2 Å². The van der Waals surface area contributed by atoms with Crippen molar-refractivity contribution >= 4 is 50.9 Å². The zero-order chi connectivity index (χ0) is 20.9. The van der Waals surface area contributed by atoms with Gasteiger partial charge in [-0.05, 0) is 76.6 Å². The predicted molar refractivity (Wildman–Crippen MR) is 124 cm³/mol. The molecule has 0 aliphatic carbocycles. The van der Waals surface area contributed by atoms with Crippen molar-refractivity contribution in [1.29, 1.82) is 0 Å². The molecule has 0 radical (unpaired) electrons. The van der Waals surface area contributed by atoms with E-state index in [2.05, 4.69) is 26.1 Å². The molecule has 1 fully saturated rings. The summed E-state index contributed by atoms with van der Waals surface area (Å²) >= 11 is 9.52. The van der Waals surface area contributed by atoms with Gasteiger partial charge in [-0.15, -0.1) is 0 Å². The molecule has 7 heteroatoms. The molecule has 2 heterocycles. The molecule has 0 bridgehead atoms. The van der Waals surface area contributed by atoms with E-state index in [1.54, 1.807) is 6.08 Å². The van der Waals surface area contributed by atoms with E-state index in [0.29, 0.717) is 16.5 Å². The third-order valence-corrected chi connectivity index (χ3v) is 5.61. The minimum absolute atomic E-state index is 0.231. The number of nitrogens with one attached hydrogen (secondary N) is 1. The van der Waals surface area contributed by atoms with Gasteiger partial charge >= 0.3 is 0 Å². The van der Waals surface area contributed by atoms with E-state index in [4.69, 9.17) is 20.8 Å². The lowest BCUT2D eigenvalue weighted by Crippen LogP contribution is -2.36. The second kappa shape index (κ2) is 9.51. The van der Waals surface area contributed by atoms with Crippen molar-refractivity contribution in [3.63, 3.8) is 0 Å². The largest absolute Gasteiger partial charge is 0.457 e. The van der Waals surface area contributed by atoms with Gasteiger partial charge in [0.1, 0.15) is 11.5 Å². The molecule has 0 saturated carbocycles. The number of nitrogens with zero attached hydrogens (tertiary/aromatic N) is 1. The van der Waals surface area contributed by atoms with Crippen molar-refractivity contribution < 1.29 is 13.9 Å². The molecular weight excluding hydrogens is 468 g/mol. The molecule has 0 spiro atoms. The second-order valence-corrected chi connectivity index (χ2v) is 8.09. The Kier molecular flexibility index (Phi) is 6.57. The maximum Gasteiger partial charge on any atom is 0.248 e. The molecular formula is C23H20BrClN2O3. The lowest BCUT2D eigenvalue weighted by atomic mass is 10.2. The lowest BCUT2D eigenvalue weighted by molar-refractivity contribution is -0.111. The van der Waals surface area contributed by atoms with Crippen LogP contribution in [0.25, 0.3) is 17.4 Å². The van der Waals surface area contributed by atoms with Gasteiger partial charge in [-0.1, -0.05) is 11.6 Å². The SMILES string of the molecule is O=C(/C=C/c1ccc(-c2ccc(Cl)cc2)o1)Nc1ccc(N2CCOCC2)c(Br)c1. The number of amides is 1. The van der Waals surface area contributed by atoms with Crippen molar-refractivity contribution in [3.05, 3.63) is 75.9 Å². The number of ether oxygens (including phenoxy) is 1. The van der Waals surface area contributed by atoms with E-state index in [-0.39, 0.29) is 5.91 Å². The highest BCUT2D eigenvalue weighted by atomic mass is 79.9. The molecule has 0 atom stereocenters. The van der Waals surface area contributed by atoms with Crippen LogP contribution in [0.15, 0.2) is 69.6 Å². The lowest BCUT2D eigenvalue weighted by Gasteiger charge is -2.29. The van der Waals surface area contributed by atoms with Crippen LogP contribution in [0.4, 0.5) is 11.4 Å². The summed E-state index contributed by atoms with van der Waals surface area (Å²) < 4.78 is 12.1. The smallest absolute Gasteiger partial charge is 0.248 e. The molecule has 2 aromatic carbocycles. The number of hydrogen-bond acceptors (Lipinski definition) is 4. The third-order valence-electron chi connectivity index (χ3n) is 4.72. The normalized spacial score (nSPS) is 14.3. The molecule has 3 aromatic rings. The maximum atomic E-state index is 12.3. The van der Waals surface area contributed by atoms with Gasteiger partial charge in [-0.3, -0.25) is 4.79 Å². The van der Waals surface area contributed by atoms with Crippen LogP contribution in [-0.2, 0) is 9.53 Å². The van der Waals surface area contributed by atoms with Gasteiger partial charge in [0.25, 0.3) is 0 Å². The Labute approximate surface area is 188 Å². The van der Waals surface area contributed by atoms with Crippen molar-refractivity contribution in [2.75, 3.05) is 36.5 Å². The van der Waals surface area contributed by atoms with Gasteiger partial charge in [0.15, 0.2) is 0 Å². The Balaban J connectivity index is 1.38. The average Bonchev–Trinajstić information content (AvgIpc) is 3.23. The summed E-state index contributed by atoms with van der Waals surface area (Å²) in [6.45, 7) is 3.16. The molecule has 5 nitrogen and oxygen atoms in total. The quantitative estimate of drug-likeness (QED) is 0.459. The number of furan rings is 1. The molecule has 1 N–H and O–H groups in total. The zero-order valence-corrected chi connectivity index (χ0v) is 18.4. The maximum absolute atomic E-state index is 12.3. The minimum atomic E-state index is -0.231. The molecule has 0 unspecified atom stereocenters. The molecule has 154 valence electrons. The number of carbonyl (C=O) groups is 1. The fraction of sp³-hybridized carbons (Fsp3) is 0.174. The van der Waals surface area contributed by atoms with E-state index >= 15 is 0 Å². The van der Waals surface area contributed by atoms with Gasteiger partial charge in [0.05, 0.1) is 18.9 Å². The Morgan fingerprint density at radius 3 is 2.57 bits per heavy atom. The first-order valence-corrected chi connectivity index (χ1v) is 10.7. The van der Waals surface area contributed by atoms with Crippen LogP contribution in [-0.4, -0.2) is 32.2 Å². The number of morpholine rings is 1. The number of halogens is 2. The van der Waals surface area contributed by atoms with Gasteiger partial charge < -0.3 is 19.4 Å². The van der Waals surface area contributed by atoms with E-state index in [0.717, 1.165) is 47.7 Å². The van der Waals surface area contributed by atoms with Gasteiger partial charge in [0, 0.05) is 39.9 Å². The van der Waals surface area contributed by atoms with Crippen molar-refractivity contribution in [3.8, 4) is 11.3 Å². The molecule has 1 aromatic heterocycles. The Bertz CT molecular complexity index is 1060. The van der Waals surface area contributed by atoms with Crippen LogP contribution in [0.5, 0.6) is 0 Å². The summed E-state index contributed by atoms with van der Waals surface area (Å²) in [7, 11) is 0. The topological polar surface area (TPSA) is 54.7 Å². The highest BCUT2D eigenvalue weighted by molar-refractivity contribution is 9.10. The Morgan fingerprint density at radius 2 is 1.83 bits per heavy atom. The first-order valence-electron chi connectivity index (χ1n) is 9.55. The van der Waals surface area contributed by atoms with E-state index in [1.807, 2.05) is 54.6 Å². The number of rotatable bonds is 5. The summed E-state index contributed by atoms with van der Waals surface area (Å²) in [5.41, 5.74) is 2.74. The Morgan fingerprint density at radius 1 is 1.07 bits per heavy atom. The molecule has 1 amide bonds. The van der Waals surface area contributed by atoms with Gasteiger partial charge in [-0.2, -0.15) is 0 Å².